The predicted molar refractivity (Wildman–Crippen MR) is 101 cm³/mol. The number of nitrogens with one attached hydrogen (secondary N) is 2. The molecule has 1 aliphatic heterocycles. The van der Waals surface area contributed by atoms with Gasteiger partial charge >= 0.3 is 0 Å². The van der Waals surface area contributed by atoms with Gasteiger partial charge in [0.1, 0.15) is 0 Å². The van der Waals surface area contributed by atoms with Crippen molar-refractivity contribution >= 4 is 22.4 Å². The Hall–Kier alpha value is -2.73. The number of pyridine rings is 1. The Kier molecular flexibility index (Phi) is 4.43. The SMILES string of the molecule is CN[C@H]1CCN(c2ccncc2NCc2ccc3nccnc3c2)C1. The topological polar surface area (TPSA) is 66.0 Å². The van der Waals surface area contributed by atoms with E-state index in [1.54, 1.807) is 12.4 Å². The van der Waals surface area contributed by atoms with Crippen molar-refractivity contribution in [3.05, 3.63) is 54.6 Å². The summed E-state index contributed by atoms with van der Waals surface area (Å²) >= 11 is 0. The fourth-order valence-electron chi connectivity index (χ4n) is 3.33. The zero-order valence-corrected chi connectivity index (χ0v) is 14.3. The van der Waals surface area contributed by atoms with Crippen LogP contribution < -0.4 is 15.5 Å². The van der Waals surface area contributed by atoms with E-state index in [2.05, 4.69) is 48.7 Å². The summed E-state index contributed by atoms with van der Waals surface area (Å²) in [6, 6.07) is 8.83. The number of hydrogen-bond donors (Lipinski definition) is 2. The highest BCUT2D eigenvalue weighted by atomic mass is 15.2. The van der Waals surface area contributed by atoms with Crippen molar-refractivity contribution < 1.29 is 0 Å². The number of benzene rings is 1. The van der Waals surface area contributed by atoms with Gasteiger partial charge in [0.05, 0.1) is 28.6 Å². The molecule has 1 fully saturated rings. The lowest BCUT2D eigenvalue weighted by Gasteiger charge is -2.22. The summed E-state index contributed by atoms with van der Waals surface area (Å²) in [7, 11) is 2.03. The molecule has 6 heteroatoms. The van der Waals surface area contributed by atoms with E-state index >= 15 is 0 Å². The summed E-state index contributed by atoms with van der Waals surface area (Å²) in [4.78, 5) is 15.4. The molecular weight excluding hydrogens is 312 g/mol. The molecule has 3 heterocycles. The van der Waals surface area contributed by atoms with Gasteiger partial charge in [0, 0.05) is 44.3 Å². The third-order valence-corrected chi connectivity index (χ3v) is 4.75. The van der Waals surface area contributed by atoms with Gasteiger partial charge in [-0.1, -0.05) is 6.07 Å². The molecule has 25 heavy (non-hydrogen) atoms. The maximum absolute atomic E-state index is 4.38. The van der Waals surface area contributed by atoms with E-state index in [4.69, 9.17) is 0 Å². The Bertz CT molecular complexity index is 865. The first kappa shape index (κ1) is 15.8. The third-order valence-electron chi connectivity index (χ3n) is 4.75. The van der Waals surface area contributed by atoms with Crippen LogP contribution in [0.5, 0.6) is 0 Å². The fourth-order valence-corrected chi connectivity index (χ4v) is 3.33. The maximum Gasteiger partial charge on any atom is 0.0890 e. The van der Waals surface area contributed by atoms with Crippen LogP contribution >= 0.6 is 0 Å². The zero-order valence-electron chi connectivity index (χ0n) is 14.3. The van der Waals surface area contributed by atoms with Crippen molar-refractivity contribution in [3.8, 4) is 0 Å². The van der Waals surface area contributed by atoms with Crippen LogP contribution in [-0.2, 0) is 6.54 Å². The van der Waals surface area contributed by atoms with Gasteiger partial charge in [-0.25, -0.2) is 0 Å². The summed E-state index contributed by atoms with van der Waals surface area (Å²) in [6.45, 7) is 2.82. The van der Waals surface area contributed by atoms with Crippen LogP contribution in [0.4, 0.5) is 11.4 Å². The molecule has 6 nitrogen and oxygen atoms in total. The largest absolute Gasteiger partial charge is 0.378 e. The number of aromatic nitrogens is 3. The third kappa shape index (κ3) is 3.39. The Morgan fingerprint density at radius 2 is 2.00 bits per heavy atom. The molecule has 0 radical (unpaired) electrons. The fraction of sp³-hybridized carbons (Fsp3) is 0.316. The first-order valence-electron chi connectivity index (χ1n) is 8.63. The second kappa shape index (κ2) is 7.03. The summed E-state index contributed by atoms with van der Waals surface area (Å²) in [5, 5.41) is 6.90. The van der Waals surface area contributed by atoms with Gasteiger partial charge in [-0.05, 0) is 37.2 Å². The number of rotatable bonds is 5. The van der Waals surface area contributed by atoms with Gasteiger partial charge in [0.15, 0.2) is 0 Å². The van der Waals surface area contributed by atoms with E-state index in [-0.39, 0.29) is 0 Å². The minimum absolute atomic E-state index is 0.556. The minimum atomic E-state index is 0.556. The molecule has 1 aromatic carbocycles. The van der Waals surface area contributed by atoms with Gasteiger partial charge < -0.3 is 15.5 Å². The molecule has 1 saturated heterocycles. The van der Waals surface area contributed by atoms with E-state index in [1.165, 1.54) is 17.7 Å². The summed E-state index contributed by atoms with van der Waals surface area (Å²) in [5.74, 6) is 0. The molecular formula is C19H22N6. The molecule has 1 aliphatic rings. The summed E-state index contributed by atoms with van der Waals surface area (Å²) in [6.07, 6.45) is 8.38. The lowest BCUT2D eigenvalue weighted by molar-refractivity contribution is 0.617. The molecule has 2 aromatic heterocycles. The highest BCUT2D eigenvalue weighted by molar-refractivity contribution is 5.75. The Morgan fingerprint density at radius 1 is 1.12 bits per heavy atom. The number of hydrogen-bond acceptors (Lipinski definition) is 6. The Balaban J connectivity index is 1.51. The van der Waals surface area contributed by atoms with Crippen molar-refractivity contribution in [3.63, 3.8) is 0 Å². The van der Waals surface area contributed by atoms with Crippen LogP contribution in [0, 0.1) is 0 Å². The maximum atomic E-state index is 4.38. The molecule has 1 atom stereocenters. The van der Waals surface area contributed by atoms with Crippen LogP contribution in [0.1, 0.15) is 12.0 Å². The highest BCUT2D eigenvalue weighted by Gasteiger charge is 2.22. The number of anilines is 2. The van der Waals surface area contributed by atoms with Crippen LogP contribution in [0.3, 0.4) is 0 Å². The molecule has 0 aliphatic carbocycles. The van der Waals surface area contributed by atoms with E-state index in [0.29, 0.717) is 6.04 Å². The second-order valence-electron chi connectivity index (χ2n) is 6.35. The van der Waals surface area contributed by atoms with Crippen molar-refractivity contribution in [2.45, 2.75) is 19.0 Å². The molecule has 4 rings (SSSR count). The molecule has 0 bridgehead atoms. The van der Waals surface area contributed by atoms with Crippen LogP contribution in [0.2, 0.25) is 0 Å². The first-order valence-corrected chi connectivity index (χ1v) is 8.63. The predicted octanol–water partition coefficient (Wildman–Crippen LogP) is 2.44. The summed E-state index contributed by atoms with van der Waals surface area (Å²) < 4.78 is 0. The van der Waals surface area contributed by atoms with E-state index in [0.717, 1.165) is 36.4 Å². The van der Waals surface area contributed by atoms with E-state index < -0.39 is 0 Å². The molecule has 3 aromatic rings. The number of likely N-dealkylation sites (N-methyl/N-ethyl adjacent to an activating group) is 1. The molecule has 128 valence electrons. The molecule has 0 spiro atoms. The lowest BCUT2D eigenvalue weighted by atomic mass is 10.2. The number of nitrogens with zero attached hydrogens (tertiary/aromatic N) is 4. The van der Waals surface area contributed by atoms with Gasteiger partial charge in [-0.3, -0.25) is 15.0 Å². The Labute approximate surface area is 147 Å². The molecule has 2 N–H and O–H groups in total. The van der Waals surface area contributed by atoms with Crippen molar-refractivity contribution in [2.75, 3.05) is 30.4 Å². The Morgan fingerprint density at radius 3 is 2.84 bits per heavy atom. The number of fused-ring (bicyclic) bond motifs is 1. The zero-order chi connectivity index (χ0) is 17.1. The lowest BCUT2D eigenvalue weighted by Crippen LogP contribution is -2.29. The highest BCUT2D eigenvalue weighted by Crippen LogP contribution is 2.28. The standard InChI is InChI=1S/C19H22N6/c1-20-15-5-9-25(13-15)19-4-6-21-12-18(19)24-11-14-2-3-16-17(10-14)23-8-7-22-16/h2-4,6-8,10,12,15,20,24H,5,9,11,13H2,1H3/t15-/m0/s1. The minimum Gasteiger partial charge on any atom is -0.378 e. The van der Waals surface area contributed by atoms with Gasteiger partial charge in [-0.2, -0.15) is 0 Å². The van der Waals surface area contributed by atoms with Crippen LogP contribution in [0.25, 0.3) is 11.0 Å². The summed E-state index contributed by atoms with van der Waals surface area (Å²) in [5.41, 5.74) is 5.30. The normalized spacial score (nSPS) is 17.2. The average Bonchev–Trinajstić information content (AvgIpc) is 3.15. The quantitative estimate of drug-likeness (QED) is 0.747. The smallest absolute Gasteiger partial charge is 0.0890 e. The van der Waals surface area contributed by atoms with Gasteiger partial charge in [0.25, 0.3) is 0 Å². The van der Waals surface area contributed by atoms with Gasteiger partial charge in [0.2, 0.25) is 0 Å². The van der Waals surface area contributed by atoms with Crippen molar-refractivity contribution in [1.29, 1.82) is 0 Å². The van der Waals surface area contributed by atoms with Crippen molar-refractivity contribution in [1.82, 2.24) is 20.3 Å². The molecule has 0 saturated carbocycles. The van der Waals surface area contributed by atoms with Gasteiger partial charge in [-0.15, -0.1) is 0 Å². The first-order chi connectivity index (χ1) is 12.3. The average molecular weight is 334 g/mol. The monoisotopic (exact) mass is 334 g/mol. The molecule has 0 unspecified atom stereocenters. The molecule has 0 amide bonds. The van der Waals surface area contributed by atoms with Crippen LogP contribution in [0.15, 0.2) is 49.1 Å². The van der Waals surface area contributed by atoms with Crippen molar-refractivity contribution in [2.24, 2.45) is 0 Å². The van der Waals surface area contributed by atoms with E-state index in [1.807, 2.05) is 25.5 Å². The van der Waals surface area contributed by atoms with E-state index in [9.17, 15) is 0 Å². The second-order valence-corrected chi connectivity index (χ2v) is 6.35. The van der Waals surface area contributed by atoms with Crippen LogP contribution in [-0.4, -0.2) is 41.1 Å².